The summed E-state index contributed by atoms with van der Waals surface area (Å²) in [7, 11) is 0. The number of aryl methyl sites for hydroxylation is 1. The van der Waals surface area contributed by atoms with E-state index in [9.17, 15) is 9.59 Å². The van der Waals surface area contributed by atoms with Gasteiger partial charge < -0.3 is 0 Å². The first kappa shape index (κ1) is 16.5. The summed E-state index contributed by atoms with van der Waals surface area (Å²) < 4.78 is 0. The third-order valence-corrected chi connectivity index (χ3v) is 5.35. The van der Waals surface area contributed by atoms with Crippen LogP contribution in [0.2, 0.25) is 0 Å². The number of thiophene rings is 1. The van der Waals surface area contributed by atoms with Crippen molar-refractivity contribution in [2.24, 2.45) is 0 Å². The number of hydrogen-bond acceptors (Lipinski definition) is 3. The van der Waals surface area contributed by atoms with E-state index >= 15 is 0 Å². The molecular weight excluding hydrogens is 342 g/mol. The van der Waals surface area contributed by atoms with Crippen molar-refractivity contribution in [2.45, 2.75) is 13.3 Å². The lowest BCUT2D eigenvalue weighted by atomic mass is 9.96. The van der Waals surface area contributed by atoms with E-state index in [1.807, 2.05) is 66.9 Å². The zero-order chi connectivity index (χ0) is 18.1. The van der Waals surface area contributed by atoms with Crippen LogP contribution in [0.25, 0.3) is 5.57 Å². The summed E-state index contributed by atoms with van der Waals surface area (Å²) in [6, 6.07) is 21.1. The molecule has 0 radical (unpaired) electrons. The van der Waals surface area contributed by atoms with E-state index in [-0.39, 0.29) is 18.2 Å². The van der Waals surface area contributed by atoms with E-state index in [0.29, 0.717) is 11.3 Å². The van der Waals surface area contributed by atoms with Crippen LogP contribution in [0.1, 0.15) is 22.4 Å². The minimum Gasteiger partial charge on any atom is -0.274 e. The average Bonchev–Trinajstić information content (AvgIpc) is 3.27. The predicted molar refractivity (Wildman–Crippen MR) is 105 cm³/mol. The van der Waals surface area contributed by atoms with Crippen molar-refractivity contribution in [2.75, 3.05) is 4.90 Å². The molecule has 1 aliphatic heterocycles. The van der Waals surface area contributed by atoms with Gasteiger partial charge in [0, 0.05) is 16.0 Å². The standard InChI is InChI=1S/C22H17NO2S/c1-15-9-11-16(12-10-15)21(19-8-5-13-26-19)18-14-20(24)23(22(18)25)17-6-3-2-4-7-17/h2-13H,14H2,1H3/b21-18+. The zero-order valence-electron chi connectivity index (χ0n) is 14.3. The van der Waals surface area contributed by atoms with Crippen LogP contribution < -0.4 is 4.90 Å². The number of amides is 2. The van der Waals surface area contributed by atoms with Gasteiger partial charge in [0.25, 0.3) is 5.91 Å². The quantitative estimate of drug-likeness (QED) is 0.496. The van der Waals surface area contributed by atoms with E-state index in [4.69, 9.17) is 0 Å². The van der Waals surface area contributed by atoms with Crippen molar-refractivity contribution in [1.82, 2.24) is 0 Å². The first-order valence-electron chi connectivity index (χ1n) is 8.41. The molecule has 2 aromatic carbocycles. The smallest absolute Gasteiger partial charge is 0.262 e. The van der Waals surface area contributed by atoms with Gasteiger partial charge in [-0.05, 0) is 36.1 Å². The molecule has 26 heavy (non-hydrogen) atoms. The predicted octanol–water partition coefficient (Wildman–Crippen LogP) is 4.82. The van der Waals surface area contributed by atoms with E-state index in [1.54, 1.807) is 23.5 Å². The Bertz CT molecular complexity index is 986. The third-order valence-electron chi connectivity index (χ3n) is 4.46. The summed E-state index contributed by atoms with van der Waals surface area (Å²) in [6.07, 6.45) is 0.120. The second-order valence-electron chi connectivity index (χ2n) is 6.24. The number of hydrogen-bond donors (Lipinski definition) is 0. The second-order valence-corrected chi connectivity index (χ2v) is 7.19. The highest BCUT2D eigenvalue weighted by molar-refractivity contribution is 7.11. The van der Waals surface area contributed by atoms with Gasteiger partial charge in [0.2, 0.25) is 5.91 Å². The molecule has 0 unspecified atom stereocenters. The van der Waals surface area contributed by atoms with Crippen molar-refractivity contribution in [3.63, 3.8) is 0 Å². The maximum Gasteiger partial charge on any atom is 0.262 e. The van der Waals surface area contributed by atoms with Crippen LogP contribution in [0, 0.1) is 6.92 Å². The van der Waals surface area contributed by atoms with Gasteiger partial charge in [-0.2, -0.15) is 0 Å². The molecule has 1 fully saturated rings. The minimum atomic E-state index is -0.231. The van der Waals surface area contributed by atoms with Crippen LogP contribution in [-0.4, -0.2) is 11.8 Å². The summed E-state index contributed by atoms with van der Waals surface area (Å²) in [6.45, 7) is 2.03. The van der Waals surface area contributed by atoms with Crippen molar-refractivity contribution in [3.05, 3.63) is 93.7 Å². The molecular formula is C22H17NO2S. The molecule has 0 atom stereocenters. The number of benzene rings is 2. The summed E-state index contributed by atoms with van der Waals surface area (Å²) in [4.78, 5) is 28.1. The Morgan fingerprint density at radius 1 is 0.923 bits per heavy atom. The zero-order valence-corrected chi connectivity index (χ0v) is 15.1. The number of anilines is 1. The fourth-order valence-corrected chi connectivity index (χ4v) is 4.01. The SMILES string of the molecule is Cc1ccc(/C(=C2/CC(=O)N(c3ccccc3)C2=O)c2cccs2)cc1. The molecule has 0 bridgehead atoms. The van der Waals surface area contributed by atoms with Gasteiger partial charge in [-0.3, -0.25) is 9.59 Å². The monoisotopic (exact) mass is 359 g/mol. The van der Waals surface area contributed by atoms with E-state index in [2.05, 4.69) is 0 Å². The van der Waals surface area contributed by atoms with Crippen LogP contribution in [0.15, 0.2) is 77.7 Å². The summed E-state index contributed by atoms with van der Waals surface area (Å²) in [5.74, 6) is -0.414. The van der Waals surface area contributed by atoms with Crippen molar-refractivity contribution < 1.29 is 9.59 Å². The maximum absolute atomic E-state index is 13.1. The van der Waals surface area contributed by atoms with Crippen LogP contribution in [0.5, 0.6) is 0 Å². The van der Waals surface area contributed by atoms with E-state index in [0.717, 1.165) is 21.6 Å². The molecule has 0 aliphatic carbocycles. The number of nitrogens with zero attached hydrogens (tertiary/aromatic N) is 1. The highest BCUT2D eigenvalue weighted by Crippen LogP contribution is 2.36. The van der Waals surface area contributed by atoms with Crippen LogP contribution in [0.4, 0.5) is 5.69 Å². The van der Waals surface area contributed by atoms with Crippen LogP contribution in [0.3, 0.4) is 0 Å². The van der Waals surface area contributed by atoms with Gasteiger partial charge >= 0.3 is 0 Å². The first-order chi connectivity index (χ1) is 12.6. The lowest BCUT2D eigenvalue weighted by molar-refractivity contribution is -0.120. The Kier molecular flexibility index (Phi) is 4.27. The Labute approximate surface area is 156 Å². The first-order valence-corrected chi connectivity index (χ1v) is 9.29. The molecule has 4 heteroatoms. The van der Waals surface area contributed by atoms with Gasteiger partial charge in [0.05, 0.1) is 12.1 Å². The van der Waals surface area contributed by atoms with Crippen molar-refractivity contribution >= 4 is 34.4 Å². The van der Waals surface area contributed by atoms with Crippen molar-refractivity contribution in [3.8, 4) is 0 Å². The molecule has 0 N–H and O–H groups in total. The van der Waals surface area contributed by atoms with Gasteiger partial charge in [0.15, 0.2) is 0 Å². The van der Waals surface area contributed by atoms with Gasteiger partial charge in [-0.1, -0.05) is 54.1 Å². The Balaban J connectivity index is 1.87. The maximum atomic E-state index is 13.1. The van der Waals surface area contributed by atoms with Crippen LogP contribution in [-0.2, 0) is 9.59 Å². The second kappa shape index (κ2) is 6.73. The largest absolute Gasteiger partial charge is 0.274 e. The molecule has 2 heterocycles. The molecule has 0 spiro atoms. The molecule has 2 amide bonds. The molecule has 1 aromatic heterocycles. The number of rotatable bonds is 3. The molecule has 1 saturated heterocycles. The van der Waals surface area contributed by atoms with Crippen LogP contribution >= 0.6 is 11.3 Å². The van der Waals surface area contributed by atoms with Gasteiger partial charge in [-0.25, -0.2) is 4.90 Å². The minimum absolute atomic E-state index is 0.120. The summed E-state index contributed by atoms with van der Waals surface area (Å²) in [5.41, 5.74) is 4.15. The fraction of sp³-hybridized carbons (Fsp3) is 0.0909. The Hall–Kier alpha value is -2.98. The topological polar surface area (TPSA) is 37.4 Å². The Morgan fingerprint density at radius 2 is 1.65 bits per heavy atom. The van der Waals surface area contributed by atoms with Gasteiger partial charge in [0.1, 0.15) is 0 Å². The van der Waals surface area contributed by atoms with Crippen molar-refractivity contribution in [1.29, 1.82) is 0 Å². The molecule has 128 valence electrons. The molecule has 3 aromatic rings. The summed E-state index contributed by atoms with van der Waals surface area (Å²) in [5, 5.41) is 1.99. The van der Waals surface area contributed by atoms with E-state index in [1.165, 1.54) is 4.90 Å². The third kappa shape index (κ3) is 2.89. The summed E-state index contributed by atoms with van der Waals surface area (Å²) >= 11 is 1.58. The lowest BCUT2D eigenvalue weighted by Crippen LogP contribution is -2.28. The molecule has 4 rings (SSSR count). The fourth-order valence-electron chi connectivity index (χ4n) is 3.19. The van der Waals surface area contributed by atoms with Gasteiger partial charge in [-0.15, -0.1) is 11.3 Å². The number of para-hydroxylation sites is 1. The number of carbonyl (C=O) groups excluding carboxylic acids is 2. The average molecular weight is 359 g/mol. The molecule has 3 nitrogen and oxygen atoms in total. The highest BCUT2D eigenvalue weighted by Gasteiger charge is 2.37. The lowest BCUT2D eigenvalue weighted by Gasteiger charge is -2.14. The molecule has 0 saturated carbocycles. The molecule has 1 aliphatic rings. The Morgan fingerprint density at radius 3 is 2.31 bits per heavy atom. The number of imide groups is 1. The van der Waals surface area contributed by atoms with E-state index < -0.39 is 0 Å². The highest BCUT2D eigenvalue weighted by atomic mass is 32.1. The normalized spacial score (nSPS) is 16.3. The number of carbonyl (C=O) groups is 2.